The van der Waals surface area contributed by atoms with Crippen LogP contribution < -0.4 is 10.5 Å². The molecule has 1 fully saturated rings. The minimum Gasteiger partial charge on any atom is -0.337 e. The molecule has 6 nitrogen and oxygen atoms in total. The van der Waals surface area contributed by atoms with E-state index in [9.17, 15) is 8.42 Å². The quantitative estimate of drug-likeness (QED) is 0.849. The minimum atomic E-state index is -3.58. The molecule has 1 heterocycles. The summed E-state index contributed by atoms with van der Waals surface area (Å²) in [5, 5.41) is 0.0757. The Balaban J connectivity index is 0.00000220. The Morgan fingerprint density at radius 1 is 1.43 bits per heavy atom. The van der Waals surface area contributed by atoms with Crippen molar-refractivity contribution in [3.63, 3.8) is 0 Å². The van der Waals surface area contributed by atoms with Gasteiger partial charge in [-0.25, -0.2) is 18.1 Å². The van der Waals surface area contributed by atoms with E-state index in [0.29, 0.717) is 18.3 Å². The van der Waals surface area contributed by atoms with E-state index in [-0.39, 0.29) is 23.5 Å². The Bertz CT molecular complexity index is 533. The molecule has 2 rings (SSSR count). The van der Waals surface area contributed by atoms with E-state index in [4.69, 9.17) is 5.73 Å². The molecule has 0 saturated heterocycles. The molecule has 0 radical (unpaired) electrons. The minimum absolute atomic E-state index is 0. The van der Waals surface area contributed by atoms with Gasteiger partial charge < -0.3 is 10.3 Å². The van der Waals surface area contributed by atoms with Gasteiger partial charge in [0.25, 0.3) is 10.0 Å². The summed E-state index contributed by atoms with van der Waals surface area (Å²) in [5.74, 6) is 1.01. The van der Waals surface area contributed by atoms with E-state index >= 15 is 0 Å². The second-order valence-corrected chi connectivity index (χ2v) is 7.26. The van der Waals surface area contributed by atoms with Crippen molar-refractivity contribution in [1.82, 2.24) is 14.3 Å². The smallest absolute Gasteiger partial charge is 0.259 e. The maximum atomic E-state index is 12.4. The van der Waals surface area contributed by atoms with Crippen molar-refractivity contribution in [2.24, 2.45) is 18.7 Å². The first kappa shape index (κ1) is 18.4. The Morgan fingerprint density at radius 3 is 2.52 bits per heavy atom. The number of nitrogens with two attached hydrogens (primary N) is 1. The van der Waals surface area contributed by atoms with E-state index in [1.165, 1.54) is 12.6 Å². The summed E-state index contributed by atoms with van der Waals surface area (Å²) in [6, 6.07) is -0.192. The van der Waals surface area contributed by atoms with Gasteiger partial charge in [0.1, 0.15) is 5.82 Å². The van der Waals surface area contributed by atoms with Gasteiger partial charge in [-0.2, -0.15) is 0 Å². The second-order valence-electron chi connectivity index (χ2n) is 5.60. The lowest BCUT2D eigenvalue weighted by atomic mass is 9.84. The van der Waals surface area contributed by atoms with Gasteiger partial charge in [-0.3, -0.25) is 0 Å². The van der Waals surface area contributed by atoms with Crippen molar-refractivity contribution < 1.29 is 8.42 Å². The van der Waals surface area contributed by atoms with E-state index in [1.807, 2.05) is 0 Å². The molecule has 1 aromatic heterocycles. The SMILES string of the molecule is Cc1nc(S(=O)(=O)NC(CN)C2CCCCC2)cn1C.Cl. The first-order valence-electron chi connectivity index (χ1n) is 7.16. The summed E-state index contributed by atoms with van der Waals surface area (Å²) in [6.45, 7) is 2.11. The lowest BCUT2D eigenvalue weighted by Crippen LogP contribution is -2.45. The molecule has 0 amide bonds. The van der Waals surface area contributed by atoms with E-state index in [0.717, 1.165) is 25.7 Å². The lowest BCUT2D eigenvalue weighted by Gasteiger charge is -2.29. The van der Waals surface area contributed by atoms with Gasteiger partial charge in [-0.05, 0) is 25.7 Å². The average Bonchev–Trinajstić information content (AvgIpc) is 2.78. The fourth-order valence-corrected chi connectivity index (χ4v) is 4.15. The predicted molar refractivity (Wildman–Crippen MR) is 84.9 cm³/mol. The summed E-state index contributed by atoms with van der Waals surface area (Å²) in [7, 11) is -1.80. The molecule has 1 saturated carbocycles. The third-order valence-corrected chi connectivity index (χ3v) is 5.50. The molecule has 1 unspecified atom stereocenters. The molecule has 3 N–H and O–H groups in total. The van der Waals surface area contributed by atoms with Crippen LogP contribution in [0.5, 0.6) is 0 Å². The first-order chi connectivity index (χ1) is 9.44. The van der Waals surface area contributed by atoms with Gasteiger partial charge in [0.15, 0.2) is 5.03 Å². The third kappa shape index (κ3) is 4.42. The van der Waals surface area contributed by atoms with Gasteiger partial charge in [0, 0.05) is 25.8 Å². The van der Waals surface area contributed by atoms with Crippen LogP contribution in [0.3, 0.4) is 0 Å². The van der Waals surface area contributed by atoms with Crippen LogP contribution in [0.25, 0.3) is 0 Å². The van der Waals surface area contributed by atoms with Crippen LogP contribution in [0.4, 0.5) is 0 Å². The van der Waals surface area contributed by atoms with Gasteiger partial charge in [0.05, 0.1) is 0 Å². The van der Waals surface area contributed by atoms with Gasteiger partial charge in [-0.15, -0.1) is 12.4 Å². The largest absolute Gasteiger partial charge is 0.337 e. The highest BCUT2D eigenvalue weighted by atomic mass is 35.5. The molecule has 0 bridgehead atoms. The molecule has 21 heavy (non-hydrogen) atoms. The highest BCUT2D eigenvalue weighted by molar-refractivity contribution is 7.89. The van der Waals surface area contributed by atoms with Crippen LogP contribution in [-0.2, 0) is 17.1 Å². The summed E-state index contributed by atoms with van der Waals surface area (Å²) in [5.41, 5.74) is 5.77. The molecule has 0 aromatic carbocycles. The highest BCUT2D eigenvalue weighted by Crippen LogP contribution is 2.26. The highest BCUT2D eigenvalue weighted by Gasteiger charge is 2.28. The Hall–Kier alpha value is -0.630. The topological polar surface area (TPSA) is 90.0 Å². The number of nitrogens with zero attached hydrogens (tertiary/aromatic N) is 2. The zero-order valence-electron chi connectivity index (χ0n) is 12.6. The number of imidazole rings is 1. The van der Waals surface area contributed by atoms with E-state index in [1.54, 1.807) is 18.5 Å². The maximum Gasteiger partial charge on any atom is 0.259 e. The number of hydrogen-bond acceptors (Lipinski definition) is 4. The molecule has 0 aliphatic heterocycles. The van der Waals surface area contributed by atoms with Crippen LogP contribution in [0.1, 0.15) is 37.9 Å². The zero-order valence-corrected chi connectivity index (χ0v) is 14.2. The predicted octanol–water partition coefficient (Wildman–Crippen LogP) is 1.34. The average molecular weight is 337 g/mol. The van der Waals surface area contributed by atoms with Gasteiger partial charge in [0.2, 0.25) is 0 Å². The number of rotatable bonds is 5. The molecule has 1 aliphatic carbocycles. The van der Waals surface area contributed by atoms with Crippen molar-refractivity contribution in [2.75, 3.05) is 6.54 Å². The van der Waals surface area contributed by atoms with Crippen molar-refractivity contribution in [2.45, 2.75) is 50.1 Å². The van der Waals surface area contributed by atoms with Crippen LogP contribution in [-0.4, -0.2) is 30.6 Å². The summed E-state index contributed by atoms with van der Waals surface area (Å²) in [4.78, 5) is 4.09. The summed E-state index contributed by atoms with van der Waals surface area (Å²) >= 11 is 0. The standard InChI is InChI=1S/C13H24N4O2S.ClH/c1-10-15-13(9-17(10)2)20(18,19)16-12(8-14)11-6-4-3-5-7-11;/h9,11-12,16H,3-8,14H2,1-2H3;1H. The normalized spacial score (nSPS) is 18.2. The molecule has 1 atom stereocenters. The molecule has 0 spiro atoms. The number of nitrogens with one attached hydrogen (secondary N) is 1. The fourth-order valence-electron chi connectivity index (χ4n) is 2.79. The Morgan fingerprint density at radius 2 is 2.05 bits per heavy atom. The monoisotopic (exact) mass is 336 g/mol. The maximum absolute atomic E-state index is 12.4. The molecule has 1 aromatic rings. The Labute approximate surface area is 133 Å². The summed E-state index contributed by atoms with van der Waals surface area (Å²) in [6.07, 6.45) is 7.18. The summed E-state index contributed by atoms with van der Waals surface area (Å²) < 4.78 is 29.2. The number of hydrogen-bond donors (Lipinski definition) is 2. The van der Waals surface area contributed by atoms with E-state index < -0.39 is 10.0 Å². The molecule has 1 aliphatic rings. The molecule has 8 heteroatoms. The number of halogens is 1. The van der Waals surface area contributed by atoms with Crippen LogP contribution in [0, 0.1) is 12.8 Å². The first-order valence-corrected chi connectivity index (χ1v) is 8.64. The fraction of sp³-hybridized carbons (Fsp3) is 0.769. The van der Waals surface area contributed by atoms with Gasteiger partial charge >= 0.3 is 0 Å². The third-order valence-electron chi connectivity index (χ3n) is 4.14. The Kier molecular flexibility index (Phi) is 6.65. The van der Waals surface area contributed by atoms with Crippen LogP contribution in [0.2, 0.25) is 0 Å². The molecular formula is C13H25ClN4O2S. The van der Waals surface area contributed by atoms with E-state index in [2.05, 4.69) is 9.71 Å². The van der Waals surface area contributed by atoms with Crippen molar-refractivity contribution in [3.05, 3.63) is 12.0 Å². The zero-order chi connectivity index (χ0) is 14.8. The second kappa shape index (κ2) is 7.58. The van der Waals surface area contributed by atoms with Crippen molar-refractivity contribution in [3.8, 4) is 0 Å². The molecule has 122 valence electrons. The number of sulfonamides is 1. The lowest BCUT2D eigenvalue weighted by molar-refractivity contribution is 0.294. The van der Waals surface area contributed by atoms with Crippen LogP contribution >= 0.6 is 12.4 Å². The number of aromatic nitrogens is 2. The van der Waals surface area contributed by atoms with Gasteiger partial charge in [-0.1, -0.05) is 19.3 Å². The van der Waals surface area contributed by atoms with Crippen LogP contribution in [0.15, 0.2) is 11.2 Å². The van der Waals surface area contributed by atoms with Crippen molar-refractivity contribution >= 4 is 22.4 Å². The molecular weight excluding hydrogens is 312 g/mol. The van der Waals surface area contributed by atoms with Crippen molar-refractivity contribution in [1.29, 1.82) is 0 Å². The number of aryl methyl sites for hydroxylation is 2.